The molecule has 0 saturated carbocycles. The number of carbonyl (C=O) groups is 1. The van der Waals surface area contributed by atoms with Gasteiger partial charge in [-0.15, -0.1) is 0 Å². The van der Waals surface area contributed by atoms with Crippen molar-refractivity contribution < 1.29 is 17.9 Å². The first-order valence-corrected chi connectivity index (χ1v) is 11.5. The summed E-state index contributed by atoms with van der Waals surface area (Å²) in [5, 5.41) is 3.09. The number of morpholine rings is 1. The zero-order valence-corrected chi connectivity index (χ0v) is 17.3. The first-order valence-electron chi connectivity index (χ1n) is 9.92. The van der Waals surface area contributed by atoms with Crippen molar-refractivity contribution in [1.82, 2.24) is 14.5 Å². The third kappa shape index (κ3) is 5.90. The Morgan fingerprint density at radius 2 is 1.92 bits per heavy atom. The molecule has 8 heteroatoms. The molecule has 2 rings (SSSR count). The molecule has 1 amide bonds. The third-order valence-corrected chi connectivity index (χ3v) is 7.42. The summed E-state index contributed by atoms with van der Waals surface area (Å²) in [7, 11) is -3.23. The second-order valence-corrected chi connectivity index (χ2v) is 9.81. The number of nitrogens with one attached hydrogen (secondary N) is 1. The zero-order valence-electron chi connectivity index (χ0n) is 16.4. The van der Waals surface area contributed by atoms with Crippen LogP contribution in [0.25, 0.3) is 0 Å². The van der Waals surface area contributed by atoms with Gasteiger partial charge >= 0.3 is 0 Å². The second-order valence-electron chi connectivity index (χ2n) is 7.72. The summed E-state index contributed by atoms with van der Waals surface area (Å²) in [5.41, 5.74) is 0. The monoisotopic (exact) mass is 389 g/mol. The predicted octanol–water partition coefficient (Wildman–Crippen LogP) is 0.911. The lowest BCUT2D eigenvalue weighted by Gasteiger charge is -2.37. The largest absolute Gasteiger partial charge is 0.379 e. The number of nitrogens with zero attached hydrogens (tertiary/aromatic N) is 2. The minimum Gasteiger partial charge on any atom is -0.379 e. The van der Waals surface area contributed by atoms with E-state index in [4.69, 9.17) is 4.74 Å². The molecule has 0 aliphatic carbocycles. The van der Waals surface area contributed by atoms with Gasteiger partial charge in [0.15, 0.2) is 0 Å². The molecule has 2 saturated heterocycles. The van der Waals surface area contributed by atoms with Crippen LogP contribution in [-0.2, 0) is 19.6 Å². The van der Waals surface area contributed by atoms with E-state index in [9.17, 15) is 13.2 Å². The van der Waals surface area contributed by atoms with Crippen LogP contribution >= 0.6 is 0 Å². The highest BCUT2D eigenvalue weighted by molar-refractivity contribution is 7.89. The van der Waals surface area contributed by atoms with E-state index in [0.717, 1.165) is 39.1 Å². The molecule has 152 valence electrons. The van der Waals surface area contributed by atoms with Crippen LogP contribution in [0.2, 0.25) is 0 Å². The quantitative estimate of drug-likeness (QED) is 0.668. The van der Waals surface area contributed by atoms with E-state index in [2.05, 4.69) is 24.1 Å². The van der Waals surface area contributed by atoms with Gasteiger partial charge in [-0.25, -0.2) is 12.7 Å². The van der Waals surface area contributed by atoms with Gasteiger partial charge in [-0.2, -0.15) is 0 Å². The molecular formula is C18H35N3O4S. The van der Waals surface area contributed by atoms with Crippen molar-refractivity contribution in [2.24, 2.45) is 11.8 Å². The molecule has 2 fully saturated rings. The predicted molar refractivity (Wildman–Crippen MR) is 102 cm³/mol. The van der Waals surface area contributed by atoms with Gasteiger partial charge in [0.05, 0.1) is 24.9 Å². The van der Waals surface area contributed by atoms with Gasteiger partial charge in [-0.3, -0.25) is 9.69 Å². The normalized spacial score (nSPS) is 24.5. The lowest BCUT2D eigenvalue weighted by atomic mass is 9.97. The van der Waals surface area contributed by atoms with Crippen LogP contribution in [0.15, 0.2) is 0 Å². The SMILES string of the molecule is CCCS(=O)(=O)N1CCCC(C(=O)NCC(C(C)C)N2CCOCC2)C1. The van der Waals surface area contributed by atoms with Crippen LogP contribution in [0.4, 0.5) is 0 Å². The van der Waals surface area contributed by atoms with Crippen molar-refractivity contribution >= 4 is 15.9 Å². The number of ether oxygens (including phenoxy) is 1. The maximum absolute atomic E-state index is 12.7. The van der Waals surface area contributed by atoms with Crippen LogP contribution in [0.3, 0.4) is 0 Å². The Bertz CT molecular complexity index is 547. The molecule has 2 heterocycles. The number of carbonyl (C=O) groups excluding carboxylic acids is 1. The molecule has 0 aromatic rings. The van der Waals surface area contributed by atoms with Crippen LogP contribution < -0.4 is 5.32 Å². The van der Waals surface area contributed by atoms with Gasteiger partial charge in [0, 0.05) is 38.8 Å². The minimum atomic E-state index is -3.23. The average molecular weight is 390 g/mol. The standard InChI is InChI=1S/C18H35N3O4S/c1-4-12-26(23,24)21-7-5-6-16(14-21)18(22)19-13-17(15(2)3)20-8-10-25-11-9-20/h15-17H,4-14H2,1-3H3,(H,19,22). The molecule has 0 aromatic heterocycles. The molecule has 26 heavy (non-hydrogen) atoms. The zero-order chi connectivity index (χ0) is 19.2. The first-order chi connectivity index (χ1) is 12.3. The number of piperidine rings is 1. The molecule has 7 nitrogen and oxygen atoms in total. The van der Waals surface area contributed by atoms with Crippen molar-refractivity contribution in [2.75, 3.05) is 51.7 Å². The number of amides is 1. The van der Waals surface area contributed by atoms with Crippen molar-refractivity contribution in [3.8, 4) is 0 Å². The molecule has 0 bridgehead atoms. The summed E-state index contributed by atoms with van der Waals surface area (Å²) < 4.78 is 31.5. The van der Waals surface area contributed by atoms with Gasteiger partial charge < -0.3 is 10.1 Å². The molecule has 2 unspecified atom stereocenters. The van der Waals surface area contributed by atoms with Gasteiger partial charge in [0.1, 0.15) is 0 Å². The Hall–Kier alpha value is -0.700. The van der Waals surface area contributed by atoms with Crippen LogP contribution in [0.5, 0.6) is 0 Å². The van der Waals surface area contributed by atoms with Gasteiger partial charge in [0.25, 0.3) is 0 Å². The summed E-state index contributed by atoms with van der Waals surface area (Å²) in [6, 6.07) is 0.284. The Labute approximate surface area is 158 Å². The van der Waals surface area contributed by atoms with Crippen molar-refractivity contribution in [3.63, 3.8) is 0 Å². The summed E-state index contributed by atoms with van der Waals surface area (Å²) in [4.78, 5) is 15.0. The molecule has 0 radical (unpaired) electrons. The fraction of sp³-hybridized carbons (Fsp3) is 0.944. The first kappa shape index (κ1) is 21.6. The summed E-state index contributed by atoms with van der Waals surface area (Å²) in [5.74, 6) is 0.336. The average Bonchev–Trinajstić information content (AvgIpc) is 2.62. The third-order valence-electron chi connectivity index (χ3n) is 5.38. The molecule has 0 spiro atoms. The summed E-state index contributed by atoms with van der Waals surface area (Å²) in [6.07, 6.45) is 2.11. The number of hydrogen-bond acceptors (Lipinski definition) is 5. The molecular weight excluding hydrogens is 354 g/mol. The van der Waals surface area contributed by atoms with E-state index in [0.29, 0.717) is 32.0 Å². The Morgan fingerprint density at radius 1 is 1.23 bits per heavy atom. The van der Waals surface area contributed by atoms with E-state index in [1.807, 2.05) is 6.92 Å². The second kappa shape index (κ2) is 10.0. The number of rotatable bonds is 8. The highest BCUT2D eigenvalue weighted by Crippen LogP contribution is 2.20. The van der Waals surface area contributed by atoms with E-state index < -0.39 is 10.0 Å². The molecule has 2 atom stereocenters. The van der Waals surface area contributed by atoms with Gasteiger partial charge in [0.2, 0.25) is 15.9 Å². The summed E-state index contributed by atoms with van der Waals surface area (Å²) in [6.45, 7) is 10.9. The Morgan fingerprint density at radius 3 is 2.54 bits per heavy atom. The maximum atomic E-state index is 12.7. The topological polar surface area (TPSA) is 79.0 Å². The van der Waals surface area contributed by atoms with Crippen LogP contribution in [-0.4, -0.2) is 81.3 Å². The lowest BCUT2D eigenvalue weighted by Crippen LogP contribution is -2.53. The fourth-order valence-corrected chi connectivity index (χ4v) is 5.43. The van der Waals surface area contributed by atoms with Gasteiger partial charge in [-0.1, -0.05) is 20.8 Å². The van der Waals surface area contributed by atoms with Crippen molar-refractivity contribution in [1.29, 1.82) is 0 Å². The summed E-state index contributed by atoms with van der Waals surface area (Å²) >= 11 is 0. The maximum Gasteiger partial charge on any atom is 0.224 e. The molecule has 2 aliphatic heterocycles. The van der Waals surface area contributed by atoms with Crippen LogP contribution in [0, 0.1) is 11.8 Å². The lowest BCUT2D eigenvalue weighted by molar-refractivity contribution is -0.126. The Kier molecular flexibility index (Phi) is 8.32. The van der Waals surface area contributed by atoms with E-state index in [1.165, 1.54) is 4.31 Å². The van der Waals surface area contributed by atoms with E-state index >= 15 is 0 Å². The molecule has 2 aliphatic rings. The molecule has 0 aromatic carbocycles. The highest BCUT2D eigenvalue weighted by atomic mass is 32.2. The van der Waals surface area contributed by atoms with E-state index in [-0.39, 0.29) is 23.6 Å². The number of sulfonamides is 1. The van der Waals surface area contributed by atoms with E-state index in [1.54, 1.807) is 0 Å². The smallest absolute Gasteiger partial charge is 0.224 e. The van der Waals surface area contributed by atoms with Gasteiger partial charge in [-0.05, 0) is 25.2 Å². The fourth-order valence-electron chi connectivity index (χ4n) is 3.84. The number of hydrogen-bond donors (Lipinski definition) is 1. The Balaban J connectivity index is 1.89. The van der Waals surface area contributed by atoms with Crippen LogP contribution in [0.1, 0.15) is 40.0 Å². The van der Waals surface area contributed by atoms with Crippen molar-refractivity contribution in [3.05, 3.63) is 0 Å². The highest BCUT2D eigenvalue weighted by Gasteiger charge is 2.32. The van der Waals surface area contributed by atoms with Crippen molar-refractivity contribution in [2.45, 2.75) is 46.1 Å². The molecule has 1 N–H and O–H groups in total. The minimum absolute atomic E-state index is 0.0136.